The Bertz CT molecular complexity index is 443. The number of hydrogen-bond acceptors (Lipinski definition) is 2. The average molecular weight is 291 g/mol. The Balaban J connectivity index is 2.88. The van der Waals surface area contributed by atoms with Crippen LogP contribution in [0.4, 0.5) is 0 Å². The highest BCUT2D eigenvalue weighted by Crippen LogP contribution is 2.33. The zero-order valence-electron chi connectivity index (χ0n) is 15.0. The van der Waals surface area contributed by atoms with Crippen molar-refractivity contribution in [2.75, 3.05) is 19.7 Å². The van der Waals surface area contributed by atoms with Crippen LogP contribution in [0.25, 0.3) is 0 Å². The predicted molar refractivity (Wildman–Crippen MR) is 92.3 cm³/mol. The van der Waals surface area contributed by atoms with Crippen LogP contribution in [0.1, 0.15) is 59.6 Å². The largest absolute Gasteiger partial charge is 0.493 e. The maximum atomic E-state index is 6.18. The highest BCUT2D eigenvalue weighted by atomic mass is 16.5. The topological polar surface area (TPSA) is 21.3 Å². The Kier molecular flexibility index (Phi) is 6.27. The lowest BCUT2D eigenvalue weighted by molar-refractivity contribution is 0.174. The van der Waals surface area contributed by atoms with Gasteiger partial charge in [-0.15, -0.1) is 0 Å². The Morgan fingerprint density at radius 3 is 2.24 bits per heavy atom. The van der Waals surface area contributed by atoms with Crippen molar-refractivity contribution in [1.82, 2.24) is 5.32 Å². The van der Waals surface area contributed by atoms with Gasteiger partial charge in [-0.3, -0.25) is 0 Å². The van der Waals surface area contributed by atoms with Gasteiger partial charge < -0.3 is 10.1 Å². The summed E-state index contributed by atoms with van der Waals surface area (Å²) in [5.41, 5.74) is 2.92. The molecule has 120 valence electrons. The van der Waals surface area contributed by atoms with Gasteiger partial charge in [0, 0.05) is 12.0 Å². The maximum Gasteiger partial charge on any atom is 0.123 e. The van der Waals surface area contributed by atoms with Crippen molar-refractivity contribution in [2.45, 2.75) is 60.3 Å². The molecular formula is C19H33NO. The van der Waals surface area contributed by atoms with E-state index in [2.05, 4.69) is 72.0 Å². The average Bonchev–Trinajstić information content (AvgIpc) is 2.42. The fourth-order valence-corrected chi connectivity index (χ4v) is 2.30. The minimum Gasteiger partial charge on any atom is -0.493 e. The molecule has 0 atom stereocenters. The van der Waals surface area contributed by atoms with Crippen LogP contribution in [0, 0.1) is 5.41 Å². The van der Waals surface area contributed by atoms with Crippen molar-refractivity contribution in [2.24, 2.45) is 5.41 Å². The van der Waals surface area contributed by atoms with Crippen molar-refractivity contribution in [1.29, 1.82) is 0 Å². The highest BCUT2D eigenvalue weighted by molar-refractivity contribution is 5.41. The third-order valence-electron chi connectivity index (χ3n) is 3.73. The fourth-order valence-electron chi connectivity index (χ4n) is 2.30. The van der Waals surface area contributed by atoms with Crippen molar-refractivity contribution >= 4 is 0 Å². The number of hydrogen-bond donors (Lipinski definition) is 1. The lowest BCUT2D eigenvalue weighted by Crippen LogP contribution is -2.34. The van der Waals surface area contributed by atoms with Gasteiger partial charge in [0.1, 0.15) is 5.75 Å². The Morgan fingerprint density at radius 2 is 1.71 bits per heavy atom. The van der Waals surface area contributed by atoms with Gasteiger partial charge in [-0.2, -0.15) is 0 Å². The van der Waals surface area contributed by atoms with Crippen molar-refractivity contribution in [3.05, 3.63) is 29.3 Å². The van der Waals surface area contributed by atoms with E-state index in [1.54, 1.807) is 0 Å². The number of ether oxygens (including phenoxy) is 1. The minimum absolute atomic E-state index is 0.103. The smallest absolute Gasteiger partial charge is 0.123 e. The van der Waals surface area contributed by atoms with Crippen LogP contribution in [-0.4, -0.2) is 19.7 Å². The molecule has 0 saturated heterocycles. The summed E-state index contributed by atoms with van der Waals surface area (Å²) in [6.45, 7) is 18.3. The summed E-state index contributed by atoms with van der Waals surface area (Å²) in [5, 5.41) is 3.41. The zero-order valence-corrected chi connectivity index (χ0v) is 15.0. The number of aryl methyl sites for hydroxylation is 1. The van der Waals surface area contributed by atoms with Crippen LogP contribution < -0.4 is 10.1 Å². The molecule has 0 aliphatic carbocycles. The molecule has 1 aromatic carbocycles. The Hall–Kier alpha value is -1.02. The van der Waals surface area contributed by atoms with Gasteiger partial charge in [0.15, 0.2) is 0 Å². The van der Waals surface area contributed by atoms with E-state index >= 15 is 0 Å². The molecule has 0 bridgehead atoms. The summed E-state index contributed by atoms with van der Waals surface area (Å²) in [6, 6.07) is 6.62. The standard InChI is InChI=1S/C19H33NO/c1-8-15-10-11-17(16(12-15)18(3,4)5)21-14-19(6,7)13-20-9-2/h10-12,20H,8-9,13-14H2,1-7H3. The minimum atomic E-state index is 0.103. The summed E-state index contributed by atoms with van der Waals surface area (Å²) in [7, 11) is 0. The molecular weight excluding hydrogens is 258 g/mol. The van der Waals surface area contributed by atoms with Crippen molar-refractivity contribution in [3.63, 3.8) is 0 Å². The molecule has 0 aromatic heterocycles. The lowest BCUT2D eigenvalue weighted by atomic mass is 9.85. The molecule has 0 aliphatic rings. The molecule has 2 heteroatoms. The van der Waals surface area contributed by atoms with E-state index in [9.17, 15) is 0 Å². The van der Waals surface area contributed by atoms with Crippen LogP contribution >= 0.6 is 0 Å². The van der Waals surface area contributed by atoms with Gasteiger partial charge in [0.2, 0.25) is 0 Å². The van der Waals surface area contributed by atoms with Gasteiger partial charge in [-0.05, 0) is 35.6 Å². The van der Waals surface area contributed by atoms with Crippen LogP contribution in [0.2, 0.25) is 0 Å². The van der Waals surface area contributed by atoms with E-state index in [1.165, 1.54) is 11.1 Å². The molecule has 0 spiro atoms. The second-order valence-electron chi connectivity index (χ2n) is 7.67. The van der Waals surface area contributed by atoms with E-state index in [0.717, 1.165) is 31.9 Å². The molecule has 0 aliphatic heterocycles. The molecule has 0 unspecified atom stereocenters. The monoisotopic (exact) mass is 291 g/mol. The molecule has 0 saturated carbocycles. The summed E-state index contributed by atoms with van der Waals surface area (Å²) in [4.78, 5) is 0. The Morgan fingerprint density at radius 1 is 1.05 bits per heavy atom. The normalized spacial score (nSPS) is 12.5. The predicted octanol–water partition coefficient (Wildman–Crippen LogP) is 4.56. The van der Waals surface area contributed by atoms with Crippen LogP contribution in [0.15, 0.2) is 18.2 Å². The maximum absolute atomic E-state index is 6.18. The lowest BCUT2D eigenvalue weighted by Gasteiger charge is -2.28. The quantitative estimate of drug-likeness (QED) is 0.795. The highest BCUT2D eigenvalue weighted by Gasteiger charge is 2.22. The summed E-state index contributed by atoms with van der Waals surface area (Å²) < 4.78 is 6.18. The molecule has 1 aromatic rings. The fraction of sp³-hybridized carbons (Fsp3) is 0.684. The van der Waals surface area contributed by atoms with Crippen LogP contribution in [0.3, 0.4) is 0 Å². The third kappa shape index (κ3) is 5.70. The molecule has 0 heterocycles. The van der Waals surface area contributed by atoms with Gasteiger partial charge in [-0.25, -0.2) is 0 Å². The van der Waals surface area contributed by atoms with Gasteiger partial charge in [0.05, 0.1) is 6.61 Å². The molecule has 21 heavy (non-hydrogen) atoms. The first kappa shape index (κ1) is 18.0. The van der Waals surface area contributed by atoms with E-state index in [-0.39, 0.29) is 10.8 Å². The number of rotatable bonds is 7. The molecule has 0 amide bonds. The molecule has 0 radical (unpaired) electrons. The summed E-state index contributed by atoms with van der Waals surface area (Å²) in [5.74, 6) is 1.03. The Labute approximate surface area is 131 Å². The first-order chi connectivity index (χ1) is 9.69. The number of benzene rings is 1. The molecule has 0 fully saturated rings. The second kappa shape index (κ2) is 7.31. The molecule has 1 rings (SSSR count). The number of nitrogens with one attached hydrogen (secondary N) is 1. The second-order valence-corrected chi connectivity index (χ2v) is 7.67. The summed E-state index contributed by atoms with van der Waals surface area (Å²) >= 11 is 0. The van der Waals surface area contributed by atoms with Gasteiger partial charge >= 0.3 is 0 Å². The first-order valence-corrected chi connectivity index (χ1v) is 8.16. The van der Waals surface area contributed by atoms with Crippen molar-refractivity contribution in [3.8, 4) is 5.75 Å². The van der Waals surface area contributed by atoms with E-state index < -0.39 is 0 Å². The van der Waals surface area contributed by atoms with Gasteiger partial charge in [-0.1, -0.05) is 60.6 Å². The molecule has 1 N–H and O–H groups in total. The zero-order chi connectivity index (χ0) is 16.1. The summed E-state index contributed by atoms with van der Waals surface area (Å²) in [6.07, 6.45) is 1.06. The third-order valence-corrected chi connectivity index (χ3v) is 3.73. The first-order valence-electron chi connectivity index (χ1n) is 8.16. The SMILES string of the molecule is CCNCC(C)(C)COc1ccc(CC)cc1C(C)(C)C. The van der Waals surface area contributed by atoms with Gasteiger partial charge in [0.25, 0.3) is 0 Å². The van der Waals surface area contributed by atoms with E-state index in [4.69, 9.17) is 4.74 Å². The van der Waals surface area contributed by atoms with Crippen LogP contribution in [0.5, 0.6) is 5.75 Å². The van der Waals surface area contributed by atoms with Crippen LogP contribution in [-0.2, 0) is 11.8 Å². The molecule has 2 nitrogen and oxygen atoms in total. The van der Waals surface area contributed by atoms with E-state index in [0.29, 0.717) is 0 Å². The van der Waals surface area contributed by atoms with Crippen molar-refractivity contribution < 1.29 is 4.74 Å². The van der Waals surface area contributed by atoms with E-state index in [1.807, 2.05) is 0 Å².